The largest absolute Gasteiger partial charge is 0.379 e. The van der Waals surface area contributed by atoms with Crippen molar-refractivity contribution in [2.75, 3.05) is 32.8 Å². The second kappa shape index (κ2) is 8.68. The van der Waals surface area contributed by atoms with E-state index >= 15 is 0 Å². The summed E-state index contributed by atoms with van der Waals surface area (Å²) in [5.74, 6) is 0.964. The predicted molar refractivity (Wildman–Crippen MR) is 90.7 cm³/mol. The molecule has 2 aromatic heterocycles. The Morgan fingerprint density at radius 3 is 2.84 bits per heavy atom. The molecule has 0 radical (unpaired) electrons. The standard InChI is InChI=1S/C17H23N5O3/c1-13(12-22-8-10-24-11-9-22)19-15(23)2-3-16-20-17(21-25-16)14-4-6-18-7-5-14/h4-7,13H,2-3,8-12H2,1H3,(H,19,23)/t13-/m0/s1. The van der Waals surface area contributed by atoms with E-state index < -0.39 is 0 Å². The molecule has 2 aromatic rings. The number of hydrogen-bond acceptors (Lipinski definition) is 7. The third-order valence-corrected chi connectivity index (χ3v) is 4.02. The molecule has 8 nitrogen and oxygen atoms in total. The molecule has 0 spiro atoms. The van der Waals surface area contributed by atoms with Gasteiger partial charge >= 0.3 is 0 Å². The van der Waals surface area contributed by atoms with E-state index in [1.807, 2.05) is 19.1 Å². The van der Waals surface area contributed by atoms with Gasteiger partial charge in [-0.1, -0.05) is 5.16 Å². The van der Waals surface area contributed by atoms with Gasteiger partial charge in [-0.3, -0.25) is 14.7 Å². The number of aryl methyl sites for hydroxylation is 1. The number of carbonyl (C=O) groups excluding carboxylic acids is 1. The molecule has 0 saturated carbocycles. The molecule has 1 fully saturated rings. The van der Waals surface area contributed by atoms with Crippen LogP contribution in [0.25, 0.3) is 11.4 Å². The number of carbonyl (C=O) groups is 1. The Labute approximate surface area is 146 Å². The Kier molecular flexibility index (Phi) is 6.08. The van der Waals surface area contributed by atoms with Gasteiger partial charge in [0.1, 0.15) is 0 Å². The van der Waals surface area contributed by atoms with Gasteiger partial charge in [0.25, 0.3) is 0 Å². The minimum absolute atomic E-state index is 0.00980. The van der Waals surface area contributed by atoms with Crippen molar-refractivity contribution >= 4 is 5.91 Å². The number of ether oxygens (including phenoxy) is 1. The second-order valence-corrected chi connectivity index (χ2v) is 6.13. The fourth-order valence-electron chi connectivity index (χ4n) is 2.76. The lowest BCUT2D eigenvalue weighted by atomic mass is 10.2. The normalized spacial score (nSPS) is 16.5. The van der Waals surface area contributed by atoms with Crippen molar-refractivity contribution in [1.82, 2.24) is 25.3 Å². The van der Waals surface area contributed by atoms with E-state index in [1.165, 1.54) is 0 Å². The number of nitrogens with one attached hydrogen (secondary N) is 1. The van der Waals surface area contributed by atoms with E-state index in [2.05, 4.69) is 25.3 Å². The van der Waals surface area contributed by atoms with Crippen molar-refractivity contribution in [3.63, 3.8) is 0 Å². The Morgan fingerprint density at radius 1 is 1.32 bits per heavy atom. The molecule has 0 aliphatic carbocycles. The van der Waals surface area contributed by atoms with E-state index in [0.717, 1.165) is 38.4 Å². The number of pyridine rings is 1. The van der Waals surface area contributed by atoms with Crippen LogP contribution in [-0.2, 0) is 16.0 Å². The van der Waals surface area contributed by atoms with Gasteiger partial charge in [0, 0.05) is 56.5 Å². The molecule has 1 atom stereocenters. The molecule has 1 amide bonds. The van der Waals surface area contributed by atoms with Crippen LogP contribution in [0.3, 0.4) is 0 Å². The summed E-state index contributed by atoms with van der Waals surface area (Å²) in [6, 6.07) is 3.73. The third-order valence-electron chi connectivity index (χ3n) is 4.02. The summed E-state index contributed by atoms with van der Waals surface area (Å²) in [6.45, 7) is 6.21. The van der Waals surface area contributed by atoms with Crippen LogP contribution in [0.2, 0.25) is 0 Å². The van der Waals surface area contributed by atoms with Crippen molar-refractivity contribution in [3.05, 3.63) is 30.4 Å². The molecule has 134 valence electrons. The first kappa shape index (κ1) is 17.5. The zero-order valence-corrected chi connectivity index (χ0v) is 14.4. The topological polar surface area (TPSA) is 93.4 Å². The molecule has 1 N–H and O–H groups in total. The van der Waals surface area contributed by atoms with Crippen molar-refractivity contribution in [1.29, 1.82) is 0 Å². The molecule has 1 aliphatic heterocycles. The van der Waals surface area contributed by atoms with Crippen LogP contribution in [-0.4, -0.2) is 64.8 Å². The highest BCUT2D eigenvalue weighted by molar-refractivity contribution is 5.76. The average molecular weight is 345 g/mol. The van der Waals surface area contributed by atoms with E-state index in [9.17, 15) is 4.79 Å². The van der Waals surface area contributed by atoms with Crippen LogP contribution >= 0.6 is 0 Å². The number of amides is 1. The highest BCUT2D eigenvalue weighted by atomic mass is 16.5. The van der Waals surface area contributed by atoms with Crippen molar-refractivity contribution < 1.29 is 14.1 Å². The Morgan fingerprint density at radius 2 is 2.08 bits per heavy atom. The first-order valence-corrected chi connectivity index (χ1v) is 8.53. The lowest BCUT2D eigenvalue weighted by molar-refractivity contribution is -0.121. The fourth-order valence-corrected chi connectivity index (χ4v) is 2.76. The zero-order chi connectivity index (χ0) is 17.5. The van der Waals surface area contributed by atoms with Gasteiger partial charge in [0.05, 0.1) is 13.2 Å². The summed E-state index contributed by atoms with van der Waals surface area (Å²) in [5, 5.41) is 6.95. The summed E-state index contributed by atoms with van der Waals surface area (Å²) >= 11 is 0. The SMILES string of the molecule is C[C@@H](CN1CCOCC1)NC(=O)CCc1nc(-c2ccncc2)no1. The van der Waals surface area contributed by atoms with Crippen molar-refractivity contribution in [2.24, 2.45) is 0 Å². The lowest BCUT2D eigenvalue weighted by Gasteiger charge is -2.29. The maximum atomic E-state index is 12.1. The molecule has 0 bridgehead atoms. The molecule has 1 saturated heterocycles. The van der Waals surface area contributed by atoms with Crippen LogP contribution in [0, 0.1) is 0 Å². The van der Waals surface area contributed by atoms with Gasteiger partial charge < -0.3 is 14.6 Å². The third kappa shape index (κ3) is 5.33. The minimum Gasteiger partial charge on any atom is -0.379 e. The van der Waals surface area contributed by atoms with Crippen molar-refractivity contribution in [2.45, 2.75) is 25.8 Å². The van der Waals surface area contributed by atoms with E-state index in [4.69, 9.17) is 9.26 Å². The number of rotatable bonds is 7. The Balaban J connectivity index is 1.42. The fraction of sp³-hybridized carbons (Fsp3) is 0.529. The van der Waals surface area contributed by atoms with Crippen LogP contribution in [0.4, 0.5) is 0 Å². The molecule has 0 unspecified atom stereocenters. The van der Waals surface area contributed by atoms with E-state index in [-0.39, 0.29) is 11.9 Å². The van der Waals surface area contributed by atoms with Gasteiger partial charge in [-0.05, 0) is 19.1 Å². The van der Waals surface area contributed by atoms with E-state index in [1.54, 1.807) is 12.4 Å². The number of aromatic nitrogens is 3. The second-order valence-electron chi connectivity index (χ2n) is 6.13. The van der Waals surface area contributed by atoms with Crippen LogP contribution in [0.15, 0.2) is 29.0 Å². The van der Waals surface area contributed by atoms with E-state index in [0.29, 0.717) is 24.6 Å². The monoisotopic (exact) mass is 345 g/mol. The molecule has 8 heteroatoms. The summed E-state index contributed by atoms with van der Waals surface area (Å²) in [6.07, 6.45) is 4.10. The Hall–Kier alpha value is -2.32. The van der Waals surface area contributed by atoms with Crippen LogP contribution < -0.4 is 5.32 Å². The Bertz CT molecular complexity index is 670. The highest BCUT2D eigenvalue weighted by Gasteiger charge is 2.16. The summed E-state index contributed by atoms with van der Waals surface area (Å²) < 4.78 is 10.5. The van der Waals surface area contributed by atoms with Gasteiger partial charge in [-0.15, -0.1) is 0 Å². The number of hydrogen-bond donors (Lipinski definition) is 1. The van der Waals surface area contributed by atoms with Gasteiger partial charge in [-0.25, -0.2) is 0 Å². The van der Waals surface area contributed by atoms with Crippen molar-refractivity contribution in [3.8, 4) is 11.4 Å². The predicted octanol–water partition coefficient (Wildman–Crippen LogP) is 0.901. The first-order chi connectivity index (χ1) is 12.2. The van der Waals surface area contributed by atoms with Gasteiger partial charge in [0.2, 0.25) is 17.6 Å². The smallest absolute Gasteiger partial charge is 0.227 e. The van der Waals surface area contributed by atoms with Crippen LogP contribution in [0.5, 0.6) is 0 Å². The maximum Gasteiger partial charge on any atom is 0.227 e. The quantitative estimate of drug-likeness (QED) is 0.797. The highest BCUT2D eigenvalue weighted by Crippen LogP contribution is 2.14. The molecule has 0 aromatic carbocycles. The molecular weight excluding hydrogens is 322 g/mol. The molecule has 25 heavy (non-hydrogen) atoms. The summed E-state index contributed by atoms with van der Waals surface area (Å²) in [4.78, 5) is 22.7. The average Bonchev–Trinajstić information content (AvgIpc) is 3.10. The molecular formula is C17H23N5O3. The summed E-state index contributed by atoms with van der Waals surface area (Å²) in [7, 11) is 0. The van der Waals surface area contributed by atoms with Crippen LogP contribution in [0.1, 0.15) is 19.2 Å². The number of morpholine rings is 1. The minimum atomic E-state index is -0.00980. The lowest BCUT2D eigenvalue weighted by Crippen LogP contribution is -2.46. The molecule has 3 rings (SSSR count). The molecule has 3 heterocycles. The maximum absolute atomic E-state index is 12.1. The summed E-state index contributed by atoms with van der Waals surface area (Å²) in [5.41, 5.74) is 0.841. The first-order valence-electron chi connectivity index (χ1n) is 8.53. The zero-order valence-electron chi connectivity index (χ0n) is 14.4. The number of nitrogens with zero attached hydrogens (tertiary/aromatic N) is 4. The molecule has 1 aliphatic rings. The van der Waals surface area contributed by atoms with Gasteiger partial charge in [-0.2, -0.15) is 4.98 Å². The van der Waals surface area contributed by atoms with Gasteiger partial charge in [0.15, 0.2) is 0 Å².